The highest BCUT2D eigenvalue weighted by molar-refractivity contribution is 5.87. The van der Waals surface area contributed by atoms with Crippen LogP contribution >= 0.6 is 0 Å². The van der Waals surface area contributed by atoms with Crippen LogP contribution in [-0.2, 0) is 9.53 Å². The molecular weight excluding hydrogens is 418 g/mol. The first-order valence-corrected chi connectivity index (χ1v) is 12.1. The zero-order valence-electron chi connectivity index (χ0n) is 20.0. The molecule has 2 aromatic heterocycles. The maximum Gasteiger partial charge on any atom is 0.246 e. The molecule has 4 heterocycles. The number of carbonyl (C=O) groups is 1. The van der Waals surface area contributed by atoms with Crippen LogP contribution in [0.25, 0.3) is 5.65 Å². The smallest absolute Gasteiger partial charge is 0.246 e. The van der Waals surface area contributed by atoms with Crippen LogP contribution in [-0.4, -0.2) is 81.7 Å². The number of anilines is 1. The van der Waals surface area contributed by atoms with Gasteiger partial charge in [0, 0.05) is 56.9 Å². The van der Waals surface area contributed by atoms with E-state index in [1.54, 1.807) is 6.92 Å². The molecule has 2 unspecified atom stereocenters. The van der Waals surface area contributed by atoms with Crippen molar-refractivity contribution in [2.45, 2.75) is 57.8 Å². The molecule has 33 heavy (non-hydrogen) atoms. The van der Waals surface area contributed by atoms with Crippen molar-refractivity contribution in [2.75, 3.05) is 44.6 Å². The van der Waals surface area contributed by atoms with E-state index in [9.17, 15) is 9.90 Å². The average molecular weight is 456 g/mol. The summed E-state index contributed by atoms with van der Waals surface area (Å²) in [4.78, 5) is 20.9. The summed E-state index contributed by atoms with van der Waals surface area (Å²) in [7, 11) is 0. The Bertz CT molecular complexity index is 978. The molecule has 1 amide bonds. The summed E-state index contributed by atoms with van der Waals surface area (Å²) in [6.07, 6.45) is 6.87. The molecule has 2 aliphatic heterocycles. The second kappa shape index (κ2) is 10.2. The summed E-state index contributed by atoms with van der Waals surface area (Å²) in [5, 5.41) is 13.9. The third-order valence-electron chi connectivity index (χ3n) is 6.76. The number of rotatable bonds is 7. The van der Waals surface area contributed by atoms with E-state index in [0.717, 1.165) is 55.1 Å². The largest absolute Gasteiger partial charge is 0.389 e. The lowest BCUT2D eigenvalue weighted by Gasteiger charge is -2.38. The molecule has 2 saturated heterocycles. The molecule has 180 valence electrons. The highest BCUT2D eigenvalue weighted by Gasteiger charge is 2.27. The highest BCUT2D eigenvalue weighted by Crippen LogP contribution is 2.28. The van der Waals surface area contributed by atoms with Gasteiger partial charge in [0.05, 0.1) is 24.5 Å². The van der Waals surface area contributed by atoms with E-state index in [4.69, 9.17) is 4.74 Å². The maximum absolute atomic E-state index is 11.9. The molecule has 0 aromatic carbocycles. The van der Waals surface area contributed by atoms with Crippen LogP contribution in [0, 0.1) is 0 Å². The van der Waals surface area contributed by atoms with Gasteiger partial charge in [-0.25, -0.2) is 4.98 Å². The molecule has 0 aliphatic carbocycles. The highest BCUT2D eigenvalue weighted by atomic mass is 16.5. The lowest BCUT2D eigenvalue weighted by molar-refractivity contribution is -0.134. The Kier molecular flexibility index (Phi) is 7.36. The summed E-state index contributed by atoms with van der Waals surface area (Å²) < 4.78 is 8.03. The Morgan fingerprint density at radius 2 is 2.09 bits per heavy atom. The number of hydrogen-bond donors (Lipinski definition) is 2. The quantitative estimate of drug-likeness (QED) is 0.625. The number of likely N-dealkylation sites (tertiary alicyclic amines) is 1. The molecule has 0 bridgehead atoms. The number of nitrogens with zero attached hydrogens (tertiary/aromatic N) is 4. The van der Waals surface area contributed by atoms with Crippen LogP contribution < -0.4 is 5.32 Å². The van der Waals surface area contributed by atoms with E-state index in [2.05, 4.69) is 40.0 Å². The number of hydrogen-bond acceptors (Lipinski definition) is 6. The van der Waals surface area contributed by atoms with Gasteiger partial charge in [-0.05, 0) is 43.4 Å². The lowest BCUT2D eigenvalue weighted by Crippen LogP contribution is -2.51. The van der Waals surface area contributed by atoms with Crippen LogP contribution in [0.2, 0.25) is 0 Å². The van der Waals surface area contributed by atoms with Crippen LogP contribution in [0.1, 0.15) is 56.9 Å². The average Bonchev–Trinajstić information content (AvgIpc) is 3.25. The SMILES string of the molecule is C=CC(=O)N1CCOC(CN2CCC(Nc3cc(C(C)O)cn4c(C(C)C)cnc34)CC2)C1. The number of pyridine rings is 1. The number of morpholine rings is 1. The van der Waals surface area contributed by atoms with Crippen molar-refractivity contribution in [3.8, 4) is 0 Å². The van der Waals surface area contributed by atoms with Gasteiger partial charge in [-0.1, -0.05) is 20.4 Å². The third-order valence-corrected chi connectivity index (χ3v) is 6.76. The number of carbonyl (C=O) groups excluding carboxylic acids is 1. The fraction of sp³-hybridized carbons (Fsp3) is 0.600. The number of piperidine rings is 1. The molecule has 8 nitrogen and oxygen atoms in total. The monoisotopic (exact) mass is 455 g/mol. The fourth-order valence-corrected chi connectivity index (χ4v) is 4.82. The molecule has 0 saturated carbocycles. The molecule has 8 heteroatoms. The molecule has 2 aliphatic rings. The number of fused-ring (bicyclic) bond motifs is 1. The van der Waals surface area contributed by atoms with Crippen molar-refractivity contribution >= 4 is 17.2 Å². The minimum atomic E-state index is -0.540. The topological polar surface area (TPSA) is 82.3 Å². The maximum atomic E-state index is 11.9. The molecule has 0 radical (unpaired) electrons. The van der Waals surface area contributed by atoms with E-state index in [1.165, 1.54) is 6.08 Å². The van der Waals surface area contributed by atoms with E-state index in [1.807, 2.05) is 23.4 Å². The molecule has 2 aromatic rings. The first-order chi connectivity index (χ1) is 15.9. The number of aliphatic hydroxyl groups excluding tert-OH is 1. The number of amides is 1. The Labute approximate surface area is 196 Å². The minimum absolute atomic E-state index is 0.0171. The number of ether oxygens (including phenoxy) is 1. The summed E-state index contributed by atoms with van der Waals surface area (Å²) in [5.41, 5.74) is 3.92. The normalized spacial score (nSPS) is 21.5. The molecular formula is C25H37N5O3. The number of aliphatic hydroxyl groups is 1. The van der Waals surface area contributed by atoms with Crippen molar-refractivity contribution < 1.29 is 14.6 Å². The number of nitrogens with one attached hydrogen (secondary N) is 1. The van der Waals surface area contributed by atoms with Crippen molar-refractivity contribution in [2.24, 2.45) is 0 Å². The first kappa shape index (κ1) is 23.7. The van der Waals surface area contributed by atoms with Crippen LogP contribution in [0.4, 0.5) is 5.69 Å². The molecule has 0 spiro atoms. The van der Waals surface area contributed by atoms with Gasteiger partial charge >= 0.3 is 0 Å². The summed E-state index contributed by atoms with van der Waals surface area (Å²) in [5.74, 6) is 0.330. The minimum Gasteiger partial charge on any atom is -0.389 e. The standard InChI is InChI=1S/C25H37N5O3/c1-5-24(32)29-10-11-33-21(16-29)15-28-8-6-20(7-9-28)27-22-12-19(18(4)31)14-30-23(17(2)3)13-26-25(22)30/h5,12-14,17-18,20-21,27,31H,1,6-11,15-16H2,2-4H3. The molecule has 2 atom stereocenters. The van der Waals surface area contributed by atoms with Gasteiger partial charge in [0.1, 0.15) is 0 Å². The van der Waals surface area contributed by atoms with Gasteiger partial charge in [-0.3, -0.25) is 4.79 Å². The Balaban J connectivity index is 1.38. The van der Waals surface area contributed by atoms with Gasteiger partial charge < -0.3 is 29.4 Å². The molecule has 2 N–H and O–H groups in total. The number of imidazole rings is 1. The molecule has 4 rings (SSSR count). The van der Waals surface area contributed by atoms with Crippen molar-refractivity contribution in [1.29, 1.82) is 0 Å². The zero-order valence-corrected chi connectivity index (χ0v) is 20.0. The Morgan fingerprint density at radius 3 is 2.76 bits per heavy atom. The second-order valence-corrected chi connectivity index (χ2v) is 9.59. The van der Waals surface area contributed by atoms with Crippen molar-refractivity contribution in [3.63, 3.8) is 0 Å². The number of aromatic nitrogens is 2. The van der Waals surface area contributed by atoms with E-state index >= 15 is 0 Å². The zero-order chi connectivity index (χ0) is 23.5. The Morgan fingerprint density at radius 1 is 1.33 bits per heavy atom. The second-order valence-electron chi connectivity index (χ2n) is 9.59. The third kappa shape index (κ3) is 5.39. The summed E-state index contributed by atoms with van der Waals surface area (Å²) in [6.45, 7) is 14.4. The van der Waals surface area contributed by atoms with E-state index < -0.39 is 6.10 Å². The van der Waals surface area contributed by atoms with Gasteiger partial charge in [0.15, 0.2) is 5.65 Å². The van der Waals surface area contributed by atoms with Crippen molar-refractivity contribution in [1.82, 2.24) is 19.2 Å². The first-order valence-electron chi connectivity index (χ1n) is 12.1. The van der Waals surface area contributed by atoms with E-state index in [-0.39, 0.29) is 12.0 Å². The predicted molar refractivity (Wildman–Crippen MR) is 130 cm³/mol. The van der Waals surface area contributed by atoms with Gasteiger partial charge in [0.2, 0.25) is 5.91 Å². The van der Waals surface area contributed by atoms with Crippen LogP contribution in [0.3, 0.4) is 0 Å². The van der Waals surface area contributed by atoms with Gasteiger partial charge in [-0.2, -0.15) is 0 Å². The van der Waals surface area contributed by atoms with E-state index in [0.29, 0.717) is 31.7 Å². The van der Waals surface area contributed by atoms with Crippen LogP contribution in [0.15, 0.2) is 31.1 Å². The van der Waals surface area contributed by atoms with Gasteiger partial charge in [0.25, 0.3) is 0 Å². The lowest BCUT2D eigenvalue weighted by atomic mass is 10.0. The summed E-state index contributed by atoms with van der Waals surface area (Å²) >= 11 is 0. The van der Waals surface area contributed by atoms with Gasteiger partial charge in [-0.15, -0.1) is 0 Å². The Hall–Kier alpha value is -2.42. The predicted octanol–water partition coefficient (Wildman–Crippen LogP) is 2.80. The van der Waals surface area contributed by atoms with Crippen LogP contribution in [0.5, 0.6) is 0 Å². The fourth-order valence-electron chi connectivity index (χ4n) is 4.82. The van der Waals surface area contributed by atoms with Crippen molar-refractivity contribution in [3.05, 3.63) is 42.4 Å². The molecule has 2 fully saturated rings. The summed E-state index contributed by atoms with van der Waals surface area (Å²) in [6, 6.07) is 2.38.